The number of nitrogens with zero attached hydrogens (tertiary/aromatic N) is 1. The Kier molecular flexibility index (Phi) is 3.88. The number of carbonyl (C=O) groups is 2. The summed E-state index contributed by atoms with van der Waals surface area (Å²) in [7, 11) is 1.56. The van der Waals surface area contributed by atoms with Gasteiger partial charge in [-0.15, -0.1) is 0 Å². The van der Waals surface area contributed by atoms with Crippen LogP contribution in [-0.2, 0) is 9.53 Å². The molecular formula is C11H14N2O3. The molecule has 5 nitrogen and oxygen atoms in total. The number of hydrogen-bond donors (Lipinski definition) is 1. The van der Waals surface area contributed by atoms with Crippen LogP contribution in [0, 0.1) is 0 Å². The molecule has 0 atom stereocenters. The first-order valence-corrected chi connectivity index (χ1v) is 4.75. The van der Waals surface area contributed by atoms with E-state index in [0.29, 0.717) is 11.3 Å². The monoisotopic (exact) mass is 222 g/mol. The van der Waals surface area contributed by atoms with Crippen LogP contribution in [-0.4, -0.2) is 30.6 Å². The Bertz CT molecular complexity index is 387. The summed E-state index contributed by atoms with van der Waals surface area (Å²) in [6.45, 7) is 1.24. The summed E-state index contributed by atoms with van der Waals surface area (Å²) in [5.41, 5.74) is 6.61. The van der Waals surface area contributed by atoms with Crippen molar-refractivity contribution in [2.75, 3.05) is 19.5 Å². The van der Waals surface area contributed by atoms with Gasteiger partial charge in [-0.05, 0) is 24.3 Å². The van der Waals surface area contributed by atoms with E-state index < -0.39 is 5.97 Å². The topological polar surface area (TPSA) is 72.6 Å². The molecule has 5 heteroatoms. The molecule has 0 saturated heterocycles. The van der Waals surface area contributed by atoms with Crippen molar-refractivity contribution < 1.29 is 14.3 Å². The van der Waals surface area contributed by atoms with E-state index in [1.165, 1.54) is 11.8 Å². The van der Waals surface area contributed by atoms with Gasteiger partial charge in [0.25, 0.3) is 5.91 Å². The number of ether oxygens (including phenoxy) is 1. The average molecular weight is 222 g/mol. The van der Waals surface area contributed by atoms with Gasteiger partial charge in [0.1, 0.15) is 0 Å². The van der Waals surface area contributed by atoms with Crippen molar-refractivity contribution in [3.63, 3.8) is 0 Å². The summed E-state index contributed by atoms with van der Waals surface area (Å²) in [6, 6.07) is 6.55. The third-order valence-corrected chi connectivity index (χ3v) is 1.97. The van der Waals surface area contributed by atoms with E-state index >= 15 is 0 Å². The third-order valence-electron chi connectivity index (χ3n) is 1.97. The summed E-state index contributed by atoms with van der Waals surface area (Å²) in [5, 5.41) is 0. The number of rotatable bonds is 3. The fraction of sp³-hybridized carbons (Fsp3) is 0.273. The van der Waals surface area contributed by atoms with Crippen LogP contribution in [0.2, 0.25) is 0 Å². The largest absolute Gasteiger partial charge is 0.444 e. The summed E-state index contributed by atoms with van der Waals surface area (Å²) < 4.78 is 4.71. The number of anilines is 1. The van der Waals surface area contributed by atoms with Crippen molar-refractivity contribution in [1.29, 1.82) is 0 Å². The van der Waals surface area contributed by atoms with Crippen molar-refractivity contribution in [1.82, 2.24) is 4.90 Å². The second-order valence-corrected chi connectivity index (χ2v) is 3.39. The normalized spacial score (nSPS) is 9.62. The van der Waals surface area contributed by atoms with Crippen LogP contribution in [0.5, 0.6) is 0 Å². The zero-order chi connectivity index (χ0) is 12.1. The summed E-state index contributed by atoms with van der Waals surface area (Å²) in [5.74, 6) is -0.641. The quantitative estimate of drug-likeness (QED) is 0.467. The van der Waals surface area contributed by atoms with Gasteiger partial charge in [-0.1, -0.05) is 0 Å². The van der Waals surface area contributed by atoms with Crippen LogP contribution in [0.1, 0.15) is 17.3 Å². The van der Waals surface area contributed by atoms with Gasteiger partial charge in [-0.3, -0.25) is 9.59 Å². The molecular weight excluding hydrogens is 208 g/mol. The number of esters is 1. The average Bonchev–Trinajstić information content (AvgIpc) is 2.26. The van der Waals surface area contributed by atoms with E-state index in [4.69, 9.17) is 10.5 Å². The highest BCUT2D eigenvalue weighted by Crippen LogP contribution is 2.07. The van der Waals surface area contributed by atoms with Gasteiger partial charge in [-0.2, -0.15) is 0 Å². The third kappa shape index (κ3) is 3.27. The molecule has 1 aromatic carbocycles. The molecule has 1 aromatic rings. The Hall–Kier alpha value is -2.04. The molecule has 0 aliphatic carbocycles. The maximum absolute atomic E-state index is 11.8. The van der Waals surface area contributed by atoms with Crippen LogP contribution in [0.25, 0.3) is 0 Å². The van der Waals surface area contributed by atoms with Crippen molar-refractivity contribution in [3.05, 3.63) is 29.8 Å². The van der Waals surface area contributed by atoms with E-state index in [1.54, 1.807) is 31.3 Å². The number of benzene rings is 1. The predicted molar refractivity (Wildman–Crippen MR) is 59.6 cm³/mol. The highest BCUT2D eigenvalue weighted by Gasteiger charge is 2.11. The van der Waals surface area contributed by atoms with Crippen LogP contribution in [0.4, 0.5) is 5.69 Å². The second kappa shape index (κ2) is 5.16. The van der Waals surface area contributed by atoms with E-state index in [1.807, 2.05) is 0 Å². The molecule has 2 N–H and O–H groups in total. The van der Waals surface area contributed by atoms with E-state index in [2.05, 4.69) is 0 Å². The molecule has 0 heterocycles. The molecule has 0 fully saturated rings. The molecule has 0 unspecified atom stereocenters. The van der Waals surface area contributed by atoms with E-state index in [9.17, 15) is 9.59 Å². The Morgan fingerprint density at radius 2 is 1.88 bits per heavy atom. The lowest BCUT2D eigenvalue weighted by Gasteiger charge is -2.16. The van der Waals surface area contributed by atoms with Gasteiger partial charge < -0.3 is 15.4 Å². The van der Waals surface area contributed by atoms with Gasteiger partial charge in [0.2, 0.25) is 0 Å². The van der Waals surface area contributed by atoms with Crippen LogP contribution in [0.3, 0.4) is 0 Å². The molecule has 0 bridgehead atoms. The molecule has 0 aliphatic rings. The minimum atomic E-state index is -0.419. The standard InChI is InChI=1S/C11H14N2O3/c1-8(14)16-7-13(2)11(15)9-3-5-10(12)6-4-9/h3-6H,7,12H2,1-2H3. The zero-order valence-corrected chi connectivity index (χ0v) is 9.27. The summed E-state index contributed by atoms with van der Waals surface area (Å²) >= 11 is 0. The van der Waals surface area contributed by atoms with Crippen LogP contribution >= 0.6 is 0 Å². The summed E-state index contributed by atoms with van der Waals surface area (Å²) in [6.07, 6.45) is 0. The number of nitrogens with two attached hydrogens (primary N) is 1. The SMILES string of the molecule is CC(=O)OCN(C)C(=O)c1ccc(N)cc1. The van der Waals surface area contributed by atoms with Crippen LogP contribution in [0.15, 0.2) is 24.3 Å². The number of amides is 1. The minimum Gasteiger partial charge on any atom is -0.444 e. The number of nitrogen functional groups attached to an aromatic ring is 1. The van der Waals surface area contributed by atoms with Gasteiger partial charge in [0, 0.05) is 25.2 Å². The molecule has 0 spiro atoms. The Morgan fingerprint density at radius 1 is 1.31 bits per heavy atom. The predicted octanol–water partition coefficient (Wildman–Crippen LogP) is 0.861. The minimum absolute atomic E-state index is 0.0570. The maximum Gasteiger partial charge on any atom is 0.304 e. The van der Waals surface area contributed by atoms with E-state index in [-0.39, 0.29) is 12.6 Å². The molecule has 1 rings (SSSR count). The van der Waals surface area contributed by atoms with Crippen LogP contribution < -0.4 is 5.73 Å². The molecule has 16 heavy (non-hydrogen) atoms. The van der Waals surface area contributed by atoms with Gasteiger partial charge in [0.15, 0.2) is 6.73 Å². The lowest BCUT2D eigenvalue weighted by atomic mass is 10.2. The first-order valence-electron chi connectivity index (χ1n) is 4.75. The van der Waals surface area contributed by atoms with Crippen molar-refractivity contribution in [2.45, 2.75) is 6.92 Å². The maximum atomic E-state index is 11.8. The summed E-state index contributed by atoms with van der Waals surface area (Å²) in [4.78, 5) is 23.6. The first-order chi connectivity index (χ1) is 7.50. The first kappa shape index (κ1) is 12.0. The molecule has 0 radical (unpaired) electrons. The highest BCUT2D eigenvalue weighted by atomic mass is 16.5. The zero-order valence-electron chi connectivity index (χ0n) is 9.27. The van der Waals surface area contributed by atoms with Gasteiger partial charge in [-0.25, -0.2) is 0 Å². The Labute approximate surface area is 93.8 Å². The molecule has 0 aliphatic heterocycles. The van der Waals surface area contributed by atoms with Crippen molar-refractivity contribution >= 4 is 17.6 Å². The smallest absolute Gasteiger partial charge is 0.304 e. The lowest BCUT2D eigenvalue weighted by Crippen LogP contribution is -2.30. The van der Waals surface area contributed by atoms with Crippen molar-refractivity contribution in [3.8, 4) is 0 Å². The number of hydrogen-bond acceptors (Lipinski definition) is 4. The second-order valence-electron chi connectivity index (χ2n) is 3.39. The highest BCUT2D eigenvalue weighted by molar-refractivity contribution is 5.94. The van der Waals surface area contributed by atoms with Gasteiger partial charge in [0.05, 0.1) is 0 Å². The van der Waals surface area contributed by atoms with Gasteiger partial charge >= 0.3 is 5.97 Å². The lowest BCUT2D eigenvalue weighted by molar-refractivity contribution is -0.144. The molecule has 1 amide bonds. The molecule has 0 aromatic heterocycles. The fourth-order valence-corrected chi connectivity index (χ4v) is 1.09. The molecule has 0 saturated carbocycles. The van der Waals surface area contributed by atoms with Crippen molar-refractivity contribution in [2.24, 2.45) is 0 Å². The van der Waals surface area contributed by atoms with E-state index in [0.717, 1.165) is 0 Å². The molecule has 86 valence electrons. The fourth-order valence-electron chi connectivity index (χ4n) is 1.09. The Morgan fingerprint density at radius 3 is 2.38 bits per heavy atom. The Balaban J connectivity index is 2.63. The number of carbonyl (C=O) groups excluding carboxylic acids is 2.